The number of allylic oxidation sites excluding steroid dienone is 14. The third-order valence-electron chi connectivity index (χ3n) is 10.8. The van der Waals surface area contributed by atoms with E-state index < -0.39 is 26.5 Å². The van der Waals surface area contributed by atoms with Gasteiger partial charge in [-0.2, -0.15) is 0 Å². The van der Waals surface area contributed by atoms with Crippen LogP contribution in [0.3, 0.4) is 0 Å². The van der Waals surface area contributed by atoms with Crippen LogP contribution in [0.25, 0.3) is 0 Å². The number of esters is 1. The van der Waals surface area contributed by atoms with Gasteiger partial charge in [-0.05, 0) is 89.9 Å². The first-order chi connectivity index (χ1) is 31.8. The van der Waals surface area contributed by atoms with E-state index >= 15 is 0 Å². The van der Waals surface area contributed by atoms with Crippen LogP contribution >= 0.6 is 7.82 Å². The Labute approximate surface area is 398 Å². The predicted octanol–water partition coefficient (Wildman–Crippen LogP) is 15.6. The van der Waals surface area contributed by atoms with Crippen LogP contribution in [0.15, 0.2) is 85.1 Å². The van der Waals surface area contributed by atoms with Crippen molar-refractivity contribution < 1.29 is 37.9 Å². The molecule has 0 heterocycles. The highest BCUT2D eigenvalue weighted by Gasteiger charge is 2.23. The predicted molar refractivity (Wildman–Crippen MR) is 275 cm³/mol. The molecule has 0 saturated carbocycles. The summed E-state index contributed by atoms with van der Waals surface area (Å²) in [4.78, 5) is 34.1. The van der Waals surface area contributed by atoms with Crippen molar-refractivity contribution in [2.24, 2.45) is 0 Å². The largest absolute Gasteiger partial charge is 0.472 e. The fourth-order valence-corrected chi connectivity index (χ4v) is 7.67. The molecule has 0 aromatic rings. The van der Waals surface area contributed by atoms with Gasteiger partial charge < -0.3 is 20.1 Å². The first-order valence-electron chi connectivity index (χ1n) is 26.1. The molecule has 0 aliphatic heterocycles. The minimum Gasteiger partial charge on any atom is -0.463 e. The Hall–Kier alpha value is -2.81. The molecule has 0 spiro atoms. The molecule has 0 aliphatic rings. The molecule has 10 heteroatoms. The van der Waals surface area contributed by atoms with E-state index in [1.54, 1.807) is 0 Å². The van der Waals surface area contributed by atoms with Gasteiger partial charge in [-0.3, -0.25) is 18.6 Å². The van der Waals surface area contributed by atoms with E-state index in [0.29, 0.717) is 12.8 Å². The number of carbonyl (C=O) groups is 2. The smallest absolute Gasteiger partial charge is 0.463 e. The van der Waals surface area contributed by atoms with Crippen molar-refractivity contribution in [1.29, 1.82) is 0 Å². The van der Waals surface area contributed by atoms with Crippen LogP contribution in [0, 0.1) is 0 Å². The fourth-order valence-electron chi connectivity index (χ4n) is 6.91. The summed E-state index contributed by atoms with van der Waals surface area (Å²) in [6.07, 6.45) is 65.2. The van der Waals surface area contributed by atoms with E-state index in [4.69, 9.17) is 13.8 Å². The molecule has 0 radical (unpaired) electrons. The number of hydrogen-bond donors (Lipinski definition) is 3. The minimum atomic E-state index is -4.43. The Kier molecular flexibility index (Phi) is 48.4. The highest BCUT2D eigenvalue weighted by Crippen LogP contribution is 2.42. The lowest BCUT2D eigenvalue weighted by atomic mass is 10.0. The van der Waals surface area contributed by atoms with Crippen molar-refractivity contribution >= 4 is 19.7 Å². The summed E-state index contributed by atoms with van der Waals surface area (Å²) in [5.41, 5.74) is 0. The Morgan fingerprint density at radius 2 is 0.877 bits per heavy atom. The number of amides is 1. The molecular formula is C55H96NO8P. The normalized spacial score (nSPS) is 13.8. The summed E-state index contributed by atoms with van der Waals surface area (Å²) in [7, 11) is -4.43. The molecule has 0 fully saturated rings. The Balaban J connectivity index is 3.60. The first-order valence-corrected chi connectivity index (χ1v) is 27.6. The zero-order chi connectivity index (χ0) is 47.4. The maximum atomic E-state index is 12.2. The average molecular weight is 930 g/mol. The van der Waals surface area contributed by atoms with E-state index in [-0.39, 0.29) is 32.1 Å². The molecule has 2 unspecified atom stereocenters. The zero-order valence-corrected chi connectivity index (χ0v) is 42.3. The summed E-state index contributed by atoms with van der Waals surface area (Å²) in [5.74, 6) is -0.537. The molecule has 0 saturated heterocycles. The van der Waals surface area contributed by atoms with Crippen LogP contribution in [0.5, 0.6) is 0 Å². The van der Waals surface area contributed by atoms with Gasteiger partial charge in [0.15, 0.2) is 0 Å². The number of hydrogen-bond acceptors (Lipinski definition) is 7. The van der Waals surface area contributed by atoms with Gasteiger partial charge in [0.1, 0.15) is 12.7 Å². The van der Waals surface area contributed by atoms with Gasteiger partial charge in [-0.1, -0.05) is 202 Å². The van der Waals surface area contributed by atoms with Gasteiger partial charge in [0.25, 0.3) is 0 Å². The van der Waals surface area contributed by atoms with E-state index in [9.17, 15) is 24.2 Å². The van der Waals surface area contributed by atoms with Gasteiger partial charge in [0, 0.05) is 19.4 Å². The highest BCUT2D eigenvalue weighted by atomic mass is 31.2. The third-order valence-corrected chi connectivity index (χ3v) is 11.8. The van der Waals surface area contributed by atoms with Crippen molar-refractivity contribution in [2.45, 2.75) is 225 Å². The van der Waals surface area contributed by atoms with Crippen molar-refractivity contribution in [3.63, 3.8) is 0 Å². The number of aliphatic hydroxyl groups excluding tert-OH is 1. The fraction of sp³-hybridized carbons (Fsp3) is 0.709. The van der Waals surface area contributed by atoms with Gasteiger partial charge in [-0.25, -0.2) is 4.57 Å². The summed E-state index contributed by atoms with van der Waals surface area (Å²) in [6.45, 7) is 3.40. The van der Waals surface area contributed by atoms with Crippen LogP contribution in [-0.2, 0) is 27.9 Å². The van der Waals surface area contributed by atoms with Crippen LogP contribution in [0.2, 0.25) is 0 Å². The van der Waals surface area contributed by atoms with Crippen LogP contribution < -0.4 is 5.32 Å². The second-order valence-corrected chi connectivity index (χ2v) is 18.6. The van der Waals surface area contributed by atoms with E-state index in [2.05, 4.69) is 104 Å². The minimum absolute atomic E-state index is 0.0753. The maximum Gasteiger partial charge on any atom is 0.472 e. The first kappa shape index (κ1) is 62.2. The lowest BCUT2D eigenvalue weighted by molar-refractivity contribution is -0.147. The molecule has 9 nitrogen and oxygen atoms in total. The van der Waals surface area contributed by atoms with E-state index in [1.165, 1.54) is 96.3 Å². The standard InChI is InChI=1S/C55H96NO8P/c1-3-5-7-9-11-13-15-17-19-21-23-25-26-28-29-31-33-35-37-39-41-43-45-47-54(58)56-49-50-63-65(60,61)64-52-53(57)51-62-55(59)48-46-44-42-40-38-36-34-32-30-27-24-22-20-18-16-14-12-10-8-6-4-2/h6,8,11-14,17-20,24,27,32,34,53,57H,3-5,7,9-10,15-16,21-23,25-26,28-31,33,35-52H2,1-2H3,(H,56,58)(H,60,61)/b8-6-,13-11-,14-12-,19-17-,20-18-,27-24-,34-32-. The van der Waals surface area contributed by atoms with Gasteiger partial charge in [0.05, 0.1) is 13.2 Å². The number of aliphatic hydroxyl groups is 1. The van der Waals surface area contributed by atoms with Crippen LogP contribution in [0.4, 0.5) is 0 Å². The Morgan fingerprint density at radius 1 is 0.492 bits per heavy atom. The van der Waals surface area contributed by atoms with Crippen molar-refractivity contribution in [3.8, 4) is 0 Å². The SMILES string of the molecule is CC/C=C\C/C=C\C/C=C\C/C=C\C/C=C\CCCCCCCC(=O)OCC(O)COP(=O)(O)OCCNC(=O)CCCCCCCCCCCCCCC/C=C\C/C=C\CCCCC. The van der Waals surface area contributed by atoms with Crippen LogP contribution in [0.1, 0.15) is 219 Å². The third kappa shape index (κ3) is 52.0. The second-order valence-electron chi connectivity index (χ2n) is 17.1. The maximum absolute atomic E-state index is 12.2. The molecule has 0 bridgehead atoms. The van der Waals surface area contributed by atoms with Crippen LogP contribution in [-0.4, -0.2) is 54.3 Å². The molecule has 65 heavy (non-hydrogen) atoms. The number of unbranched alkanes of at least 4 members (excludes halogenated alkanes) is 21. The van der Waals surface area contributed by atoms with Crippen molar-refractivity contribution in [2.75, 3.05) is 26.4 Å². The summed E-state index contributed by atoms with van der Waals surface area (Å²) < 4.78 is 27.0. The summed E-state index contributed by atoms with van der Waals surface area (Å²) >= 11 is 0. The lowest BCUT2D eigenvalue weighted by Crippen LogP contribution is -2.27. The van der Waals surface area contributed by atoms with Gasteiger partial charge in [0.2, 0.25) is 5.91 Å². The topological polar surface area (TPSA) is 131 Å². The monoisotopic (exact) mass is 930 g/mol. The quantitative estimate of drug-likeness (QED) is 0.0238. The number of carbonyl (C=O) groups excluding carboxylic acids is 2. The number of nitrogens with one attached hydrogen (secondary N) is 1. The van der Waals surface area contributed by atoms with Crippen molar-refractivity contribution in [1.82, 2.24) is 5.32 Å². The van der Waals surface area contributed by atoms with Gasteiger partial charge in [-0.15, -0.1) is 0 Å². The van der Waals surface area contributed by atoms with E-state index in [1.807, 2.05) is 0 Å². The molecule has 1 amide bonds. The number of phosphoric acid groups is 1. The molecular weight excluding hydrogens is 834 g/mol. The summed E-state index contributed by atoms with van der Waals surface area (Å²) in [6, 6.07) is 0. The molecule has 0 aromatic carbocycles. The number of phosphoric ester groups is 1. The number of ether oxygens (including phenoxy) is 1. The molecule has 2 atom stereocenters. The lowest BCUT2D eigenvalue weighted by Gasteiger charge is -2.15. The molecule has 374 valence electrons. The Morgan fingerprint density at radius 3 is 1.32 bits per heavy atom. The molecule has 0 rings (SSSR count). The highest BCUT2D eigenvalue weighted by molar-refractivity contribution is 7.47. The summed E-state index contributed by atoms with van der Waals surface area (Å²) in [5, 5.41) is 12.8. The molecule has 0 aliphatic carbocycles. The second kappa shape index (κ2) is 50.6. The zero-order valence-electron chi connectivity index (χ0n) is 41.4. The van der Waals surface area contributed by atoms with E-state index in [0.717, 1.165) is 89.9 Å². The average Bonchev–Trinajstić information content (AvgIpc) is 3.29. The van der Waals surface area contributed by atoms with Gasteiger partial charge >= 0.3 is 13.8 Å². The Bertz CT molecular complexity index is 1340. The molecule has 0 aromatic heterocycles. The number of rotatable bonds is 48. The molecule has 3 N–H and O–H groups in total. The van der Waals surface area contributed by atoms with Crippen molar-refractivity contribution in [3.05, 3.63) is 85.1 Å².